The molecule has 0 aliphatic heterocycles. The summed E-state index contributed by atoms with van der Waals surface area (Å²) in [5, 5.41) is 0. The van der Waals surface area contributed by atoms with E-state index in [9.17, 15) is 12.8 Å². The Morgan fingerprint density at radius 1 is 1.30 bits per heavy atom. The average molecular weight is 314 g/mol. The summed E-state index contributed by atoms with van der Waals surface area (Å²) in [6, 6.07) is 7.34. The molecule has 108 valence electrons. The summed E-state index contributed by atoms with van der Waals surface area (Å²) in [6.45, 7) is 2.17. The Kier molecular flexibility index (Phi) is 4.42. The largest absolute Gasteiger partial charge is 0.330 e. The van der Waals surface area contributed by atoms with Crippen molar-refractivity contribution in [1.82, 2.24) is 0 Å². The molecule has 0 unspecified atom stereocenters. The summed E-state index contributed by atoms with van der Waals surface area (Å²) >= 11 is 1.17. The fourth-order valence-corrected chi connectivity index (χ4v) is 4.19. The van der Waals surface area contributed by atoms with Gasteiger partial charge in [-0.1, -0.05) is 0 Å². The van der Waals surface area contributed by atoms with Crippen LogP contribution in [0.5, 0.6) is 0 Å². The number of rotatable bonds is 5. The molecule has 2 rings (SSSR count). The molecule has 2 aromatic rings. The SMILES string of the molecule is Cc1cc(F)cc(NS(=O)(=O)c2ccc(CCN)s2)c1. The Morgan fingerprint density at radius 3 is 2.70 bits per heavy atom. The maximum atomic E-state index is 13.3. The van der Waals surface area contributed by atoms with Crippen LogP contribution in [0, 0.1) is 12.7 Å². The molecule has 0 saturated heterocycles. The Hall–Kier alpha value is -1.44. The summed E-state index contributed by atoms with van der Waals surface area (Å²) in [6.07, 6.45) is 0.638. The van der Waals surface area contributed by atoms with E-state index in [4.69, 9.17) is 5.73 Å². The molecule has 7 heteroatoms. The molecule has 1 heterocycles. The van der Waals surface area contributed by atoms with Crippen molar-refractivity contribution < 1.29 is 12.8 Å². The van der Waals surface area contributed by atoms with E-state index < -0.39 is 15.8 Å². The lowest BCUT2D eigenvalue weighted by atomic mass is 10.2. The van der Waals surface area contributed by atoms with Gasteiger partial charge >= 0.3 is 0 Å². The minimum absolute atomic E-state index is 0.197. The smallest absolute Gasteiger partial charge is 0.271 e. The lowest BCUT2D eigenvalue weighted by molar-refractivity contribution is 0.603. The normalized spacial score (nSPS) is 11.6. The van der Waals surface area contributed by atoms with Crippen LogP contribution in [0.3, 0.4) is 0 Å². The summed E-state index contributed by atoms with van der Waals surface area (Å²) in [5.74, 6) is -0.474. The van der Waals surface area contributed by atoms with Crippen molar-refractivity contribution in [1.29, 1.82) is 0 Å². The lowest BCUT2D eigenvalue weighted by Gasteiger charge is -2.07. The molecule has 0 amide bonds. The molecule has 0 radical (unpaired) electrons. The molecule has 0 aliphatic carbocycles. The maximum Gasteiger partial charge on any atom is 0.271 e. The number of aryl methyl sites for hydroxylation is 1. The van der Waals surface area contributed by atoms with E-state index in [0.717, 1.165) is 10.9 Å². The van der Waals surface area contributed by atoms with Gasteiger partial charge in [0.15, 0.2) is 0 Å². The van der Waals surface area contributed by atoms with Gasteiger partial charge in [0.1, 0.15) is 10.0 Å². The van der Waals surface area contributed by atoms with Gasteiger partial charge in [-0.2, -0.15) is 0 Å². The molecular formula is C13H15FN2O2S2. The van der Waals surface area contributed by atoms with Crippen LogP contribution in [-0.4, -0.2) is 15.0 Å². The third kappa shape index (κ3) is 3.56. The van der Waals surface area contributed by atoms with E-state index in [2.05, 4.69) is 4.72 Å². The number of nitrogens with one attached hydrogen (secondary N) is 1. The van der Waals surface area contributed by atoms with Gasteiger partial charge < -0.3 is 5.73 Å². The number of hydrogen-bond donors (Lipinski definition) is 2. The van der Waals surface area contributed by atoms with E-state index in [1.165, 1.54) is 23.5 Å². The number of anilines is 1. The lowest BCUT2D eigenvalue weighted by Crippen LogP contribution is -2.11. The highest BCUT2D eigenvalue weighted by Crippen LogP contribution is 2.25. The monoisotopic (exact) mass is 314 g/mol. The van der Waals surface area contributed by atoms with Crippen LogP contribution in [0.15, 0.2) is 34.5 Å². The molecule has 0 atom stereocenters. The Labute approximate surface area is 121 Å². The van der Waals surface area contributed by atoms with Crippen molar-refractivity contribution in [3.63, 3.8) is 0 Å². The number of sulfonamides is 1. The van der Waals surface area contributed by atoms with E-state index in [1.807, 2.05) is 0 Å². The first-order valence-electron chi connectivity index (χ1n) is 5.99. The quantitative estimate of drug-likeness (QED) is 0.890. The van der Waals surface area contributed by atoms with Crippen LogP contribution in [0.25, 0.3) is 0 Å². The van der Waals surface area contributed by atoms with Crippen LogP contribution in [0.2, 0.25) is 0 Å². The van der Waals surface area contributed by atoms with Crippen molar-refractivity contribution in [3.8, 4) is 0 Å². The third-order valence-electron chi connectivity index (χ3n) is 2.59. The van der Waals surface area contributed by atoms with Crippen molar-refractivity contribution >= 4 is 27.0 Å². The Bertz CT molecular complexity index is 691. The zero-order valence-corrected chi connectivity index (χ0v) is 12.5. The number of benzene rings is 1. The molecule has 0 spiro atoms. The van der Waals surface area contributed by atoms with Gasteiger partial charge in [-0.05, 0) is 55.8 Å². The van der Waals surface area contributed by atoms with Gasteiger partial charge in [0, 0.05) is 4.88 Å². The zero-order chi connectivity index (χ0) is 14.8. The second-order valence-electron chi connectivity index (χ2n) is 4.38. The van der Waals surface area contributed by atoms with Gasteiger partial charge in [-0.15, -0.1) is 11.3 Å². The zero-order valence-electron chi connectivity index (χ0n) is 10.9. The van der Waals surface area contributed by atoms with Crippen LogP contribution in [-0.2, 0) is 16.4 Å². The molecule has 1 aromatic carbocycles. The van der Waals surface area contributed by atoms with Gasteiger partial charge in [0.25, 0.3) is 10.0 Å². The first kappa shape index (κ1) is 15.0. The summed E-state index contributed by atoms with van der Waals surface area (Å²) < 4.78 is 40.2. The highest BCUT2D eigenvalue weighted by molar-refractivity contribution is 7.94. The maximum absolute atomic E-state index is 13.3. The van der Waals surface area contributed by atoms with E-state index >= 15 is 0 Å². The van der Waals surface area contributed by atoms with E-state index in [1.54, 1.807) is 19.1 Å². The van der Waals surface area contributed by atoms with E-state index in [-0.39, 0.29) is 9.90 Å². The Balaban J connectivity index is 2.25. The van der Waals surface area contributed by atoms with Crippen molar-refractivity contribution in [2.75, 3.05) is 11.3 Å². The minimum Gasteiger partial charge on any atom is -0.330 e. The second-order valence-corrected chi connectivity index (χ2v) is 7.46. The molecule has 0 bridgehead atoms. The molecule has 0 fully saturated rings. The predicted octanol–water partition coefficient (Wildman–Crippen LogP) is 2.50. The van der Waals surface area contributed by atoms with Gasteiger partial charge in [0.05, 0.1) is 5.69 Å². The standard InChI is InChI=1S/C13H15FN2O2S2/c1-9-6-10(14)8-11(7-9)16-20(17,18)13-3-2-12(19-13)4-5-15/h2-3,6-8,16H,4-5,15H2,1H3. The fourth-order valence-electron chi connectivity index (χ4n) is 1.78. The van der Waals surface area contributed by atoms with Crippen LogP contribution >= 0.6 is 11.3 Å². The number of thiophene rings is 1. The van der Waals surface area contributed by atoms with Crippen molar-refractivity contribution in [2.45, 2.75) is 17.6 Å². The van der Waals surface area contributed by atoms with Crippen LogP contribution in [0.4, 0.5) is 10.1 Å². The molecule has 3 N–H and O–H groups in total. The molecule has 4 nitrogen and oxygen atoms in total. The molecule has 1 aromatic heterocycles. The molecule has 0 saturated carbocycles. The highest BCUT2D eigenvalue weighted by atomic mass is 32.2. The third-order valence-corrected chi connectivity index (χ3v) is 5.61. The van der Waals surface area contributed by atoms with Crippen molar-refractivity contribution in [3.05, 3.63) is 46.6 Å². The Morgan fingerprint density at radius 2 is 2.05 bits per heavy atom. The number of hydrogen-bond acceptors (Lipinski definition) is 4. The molecule has 20 heavy (non-hydrogen) atoms. The van der Waals surface area contributed by atoms with Crippen LogP contribution in [0.1, 0.15) is 10.4 Å². The molecule has 0 aliphatic rings. The van der Waals surface area contributed by atoms with Gasteiger partial charge in [0.2, 0.25) is 0 Å². The van der Waals surface area contributed by atoms with Gasteiger partial charge in [-0.25, -0.2) is 12.8 Å². The second kappa shape index (κ2) is 5.90. The highest BCUT2D eigenvalue weighted by Gasteiger charge is 2.17. The van der Waals surface area contributed by atoms with Crippen molar-refractivity contribution in [2.24, 2.45) is 5.73 Å². The van der Waals surface area contributed by atoms with Gasteiger partial charge in [-0.3, -0.25) is 4.72 Å². The minimum atomic E-state index is -3.68. The molecular weight excluding hydrogens is 299 g/mol. The number of nitrogens with two attached hydrogens (primary N) is 1. The first-order valence-corrected chi connectivity index (χ1v) is 8.29. The summed E-state index contributed by atoms with van der Waals surface area (Å²) in [7, 11) is -3.68. The summed E-state index contributed by atoms with van der Waals surface area (Å²) in [4.78, 5) is 0.906. The predicted molar refractivity (Wildman–Crippen MR) is 79.0 cm³/mol. The number of halogens is 1. The fraction of sp³-hybridized carbons (Fsp3) is 0.231. The average Bonchev–Trinajstić information content (AvgIpc) is 2.76. The summed E-state index contributed by atoms with van der Waals surface area (Å²) in [5.41, 5.74) is 6.31. The van der Waals surface area contributed by atoms with E-state index in [0.29, 0.717) is 18.5 Å². The topological polar surface area (TPSA) is 72.2 Å². The van der Waals surface area contributed by atoms with Crippen LogP contribution < -0.4 is 10.5 Å². The first-order chi connectivity index (χ1) is 9.40.